The molecule has 2 heterocycles. The number of hydrogen-bond donors (Lipinski definition) is 2. The highest BCUT2D eigenvalue weighted by atomic mass is 16.5. The van der Waals surface area contributed by atoms with Gasteiger partial charge in [0.2, 0.25) is 5.91 Å². The first-order chi connectivity index (χ1) is 9.68. The van der Waals surface area contributed by atoms with Crippen LogP contribution in [0.2, 0.25) is 0 Å². The molecule has 0 radical (unpaired) electrons. The van der Waals surface area contributed by atoms with E-state index in [1.807, 2.05) is 24.3 Å². The second kappa shape index (κ2) is 5.44. The molecule has 1 saturated heterocycles. The number of ether oxygens (including phenoxy) is 1. The summed E-state index contributed by atoms with van der Waals surface area (Å²) < 4.78 is 5.58. The first kappa shape index (κ1) is 13.4. The van der Waals surface area contributed by atoms with Crippen LogP contribution < -0.4 is 15.4 Å². The summed E-state index contributed by atoms with van der Waals surface area (Å²) in [5.41, 5.74) is 1.24. The second-order valence-electron chi connectivity index (χ2n) is 6.18. The highest BCUT2D eigenvalue weighted by Gasteiger charge is 2.32. The van der Waals surface area contributed by atoms with Gasteiger partial charge in [-0.25, -0.2) is 0 Å². The van der Waals surface area contributed by atoms with E-state index in [0.29, 0.717) is 6.61 Å². The van der Waals surface area contributed by atoms with E-state index < -0.39 is 0 Å². The second-order valence-corrected chi connectivity index (χ2v) is 6.18. The SMILES string of the molecule is CC1(CNC(=O)C2COc3ccccc32)CCNCC1. The molecule has 1 amide bonds. The van der Waals surface area contributed by atoms with Crippen LogP contribution in [-0.4, -0.2) is 32.1 Å². The zero-order chi connectivity index (χ0) is 14.0. The zero-order valence-electron chi connectivity index (χ0n) is 11.9. The fourth-order valence-electron chi connectivity index (χ4n) is 3.01. The number of nitrogens with one attached hydrogen (secondary N) is 2. The highest BCUT2D eigenvalue weighted by molar-refractivity contribution is 5.85. The van der Waals surface area contributed by atoms with Crippen LogP contribution in [-0.2, 0) is 4.79 Å². The molecule has 108 valence electrons. The molecular formula is C16H22N2O2. The van der Waals surface area contributed by atoms with Crippen LogP contribution in [0.25, 0.3) is 0 Å². The van der Waals surface area contributed by atoms with Crippen molar-refractivity contribution < 1.29 is 9.53 Å². The summed E-state index contributed by atoms with van der Waals surface area (Å²) in [6, 6.07) is 7.81. The van der Waals surface area contributed by atoms with Crippen molar-refractivity contribution in [3.8, 4) is 5.75 Å². The Bertz CT molecular complexity index is 495. The van der Waals surface area contributed by atoms with Crippen molar-refractivity contribution in [2.24, 2.45) is 5.41 Å². The number of amides is 1. The van der Waals surface area contributed by atoms with Gasteiger partial charge in [0.25, 0.3) is 0 Å². The van der Waals surface area contributed by atoms with Gasteiger partial charge in [-0.05, 0) is 37.4 Å². The van der Waals surface area contributed by atoms with Gasteiger partial charge < -0.3 is 15.4 Å². The van der Waals surface area contributed by atoms with Gasteiger partial charge >= 0.3 is 0 Å². The Labute approximate surface area is 119 Å². The molecule has 4 nitrogen and oxygen atoms in total. The van der Waals surface area contributed by atoms with Crippen LogP contribution in [0.3, 0.4) is 0 Å². The zero-order valence-corrected chi connectivity index (χ0v) is 11.9. The summed E-state index contributed by atoms with van der Waals surface area (Å²) in [5.74, 6) is 0.784. The quantitative estimate of drug-likeness (QED) is 0.881. The van der Waals surface area contributed by atoms with Crippen molar-refractivity contribution in [1.29, 1.82) is 0 Å². The van der Waals surface area contributed by atoms with E-state index in [0.717, 1.165) is 43.8 Å². The fraction of sp³-hybridized carbons (Fsp3) is 0.562. The minimum atomic E-state index is -0.156. The lowest BCUT2D eigenvalue weighted by Gasteiger charge is -2.34. The number of carbonyl (C=O) groups is 1. The molecule has 20 heavy (non-hydrogen) atoms. The van der Waals surface area contributed by atoms with Gasteiger partial charge in [0.05, 0.1) is 0 Å². The molecule has 0 aliphatic carbocycles. The number of hydrogen-bond acceptors (Lipinski definition) is 3. The van der Waals surface area contributed by atoms with Crippen LogP contribution in [0.15, 0.2) is 24.3 Å². The number of piperidine rings is 1. The predicted molar refractivity (Wildman–Crippen MR) is 77.9 cm³/mol. The fourth-order valence-corrected chi connectivity index (χ4v) is 3.01. The lowest BCUT2D eigenvalue weighted by Crippen LogP contribution is -2.44. The summed E-state index contributed by atoms with van der Waals surface area (Å²) >= 11 is 0. The van der Waals surface area contributed by atoms with E-state index in [4.69, 9.17) is 4.74 Å². The lowest BCUT2D eigenvalue weighted by molar-refractivity contribution is -0.123. The molecular weight excluding hydrogens is 252 g/mol. The molecule has 2 N–H and O–H groups in total. The summed E-state index contributed by atoms with van der Waals surface area (Å²) in [7, 11) is 0. The molecule has 0 aromatic heterocycles. The minimum Gasteiger partial charge on any atom is -0.492 e. The highest BCUT2D eigenvalue weighted by Crippen LogP contribution is 2.34. The van der Waals surface area contributed by atoms with E-state index in [9.17, 15) is 4.79 Å². The van der Waals surface area contributed by atoms with Gasteiger partial charge in [-0.3, -0.25) is 4.79 Å². The first-order valence-electron chi connectivity index (χ1n) is 7.38. The van der Waals surface area contributed by atoms with Crippen LogP contribution in [0.5, 0.6) is 5.75 Å². The van der Waals surface area contributed by atoms with Crippen molar-refractivity contribution in [3.63, 3.8) is 0 Å². The molecule has 1 atom stereocenters. The number of para-hydroxylation sites is 1. The molecule has 4 heteroatoms. The first-order valence-corrected chi connectivity index (χ1v) is 7.38. The van der Waals surface area contributed by atoms with Crippen LogP contribution >= 0.6 is 0 Å². The van der Waals surface area contributed by atoms with Gasteiger partial charge in [0.1, 0.15) is 18.3 Å². The van der Waals surface area contributed by atoms with E-state index in [-0.39, 0.29) is 17.2 Å². The Kier molecular flexibility index (Phi) is 3.66. The van der Waals surface area contributed by atoms with Crippen molar-refractivity contribution in [1.82, 2.24) is 10.6 Å². The molecule has 0 bridgehead atoms. The smallest absolute Gasteiger partial charge is 0.231 e. The molecule has 1 fully saturated rings. The van der Waals surface area contributed by atoms with Crippen molar-refractivity contribution in [2.45, 2.75) is 25.7 Å². The van der Waals surface area contributed by atoms with Crippen molar-refractivity contribution in [3.05, 3.63) is 29.8 Å². The van der Waals surface area contributed by atoms with Crippen LogP contribution in [0.1, 0.15) is 31.2 Å². The van der Waals surface area contributed by atoms with Gasteiger partial charge in [-0.2, -0.15) is 0 Å². The Morgan fingerprint density at radius 2 is 2.15 bits per heavy atom. The largest absolute Gasteiger partial charge is 0.492 e. The third-order valence-corrected chi connectivity index (χ3v) is 4.52. The van der Waals surface area contributed by atoms with E-state index in [2.05, 4.69) is 17.6 Å². The Hall–Kier alpha value is -1.55. The van der Waals surface area contributed by atoms with Gasteiger partial charge in [-0.1, -0.05) is 25.1 Å². The van der Waals surface area contributed by atoms with E-state index in [1.165, 1.54) is 0 Å². The molecule has 1 unspecified atom stereocenters. The number of rotatable bonds is 3. The number of benzene rings is 1. The summed E-state index contributed by atoms with van der Waals surface area (Å²) in [4.78, 5) is 12.4. The van der Waals surface area contributed by atoms with Gasteiger partial charge in [0, 0.05) is 12.1 Å². The normalized spacial score (nSPS) is 23.8. The topological polar surface area (TPSA) is 50.4 Å². The monoisotopic (exact) mass is 274 g/mol. The van der Waals surface area contributed by atoms with Gasteiger partial charge in [-0.15, -0.1) is 0 Å². The van der Waals surface area contributed by atoms with E-state index >= 15 is 0 Å². The molecule has 1 aromatic carbocycles. The summed E-state index contributed by atoms with van der Waals surface area (Å²) in [6.07, 6.45) is 2.23. The van der Waals surface area contributed by atoms with E-state index in [1.54, 1.807) is 0 Å². The molecule has 0 spiro atoms. The third kappa shape index (κ3) is 2.66. The van der Waals surface area contributed by atoms with Crippen molar-refractivity contribution in [2.75, 3.05) is 26.2 Å². The maximum atomic E-state index is 12.4. The standard InChI is InChI=1S/C16H22N2O2/c1-16(6-8-17-9-7-16)11-18-15(19)13-10-20-14-5-3-2-4-12(13)14/h2-5,13,17H,6-11H2,1H3,(H,18,19). The van der Waals surface area contributed by atoms with Gasteiger partial charge in [0.15, 0.2) is 0 Å². The summed E-state index contributed by atoms with van der Waals surface area (Å²) in [5, 5.41) is 6.49. The molecule has 2 aliphatic heterocycles. The predicted octanol–water partition coefficient (Wildman–Crippen LogP) is 1.67. The molecule has 0 saturated carbocycles. The maximum Gasteiger partial charge on any atom is 0.231 e. The molecule has 2 aliphatic rings. The third-order valence-electron chi connectivity index (χ3n) is 4.52. The number of carbonyl (C=O) groups excluding carboxylic acids is 1. The Morgan fingerprint density at radius 3 is 2.95 bits per heavy atom. The van der Waals surface area contributed by atoms with Crippen LogP contribution in [0, 0.1) is 5.41 Å². The maximum absolute atomic E-state index is 12.4. The average molecular weight is 274 g/mol. The lowest BCUT2D eigenvalue weighted by atomic mass is 9.81. The number of fused-ring (bicyclic) bond motifs is 1. The Morgan fingerprint density at radius 1 is 1.40 bits per heavy atom. The Balaban J connectivity index is 1.60. The summed E-state index contributed by atoms with van der Waals surface area (Å²) in [6.45, 7) is 5.56. The minimum absolute atomic E-state index is 0.0923. The average Bonchev–Trinajstić information content (AvgIpc) is 2.90. The van der Waals surface area contributed by atoms with Crippen molar-refractivity contribution >= 4 is 5.91 Å². The molecule has 3 rings (SSSR count). The molecule has 1 aromatic rings. The van der Waals surface area contributed by atoms with Crippen LogP contribution in [0.4, 0.5) is 0 Å².